The molecule has 2 rings (SSSR count). The van der Waals surface area contributed by atoms with Gasteiger partial charge < -0.3 is 14.7 Å². The average molecular weight is 264 g/mol. The van der Waals surface area contributed by atoms with E-state index in [0.29, 0.717) is 19.5 Å². The second-order valence-corrected chi connectivity index (χ2v) is 4.48. The maximum atomic E-state index is 12.2. The van der Waals surface area contributed by atoms with E-state index in [0.717, 1.165) is 6.42 Å². The molecule has 1 N–H and O–H groups in total. The van der Waals surface area contributed by atoms with Crippen LogP contribution in [0.3, 0.4) is 0 Å². The highest BCUT2D eigenvalue weighted by atomic mass is 16.5. The monoisotopic (exact) mass is 264 g/mol. The van der Waals surface area contributed by atoms with Crippen LogP contribution in [-0.2, 0) is 9.53 Å². The Kier molecular flexibility index (Phi) is 3.99. The third-order valence-corrected chi connectivity index (χ3v) is 3.23. The molecule has 0 aliphatic carbocycles. The lowest BCUT2D eigenvalue weighted by Gasteiger charge is -2.31. The van der Waals surface area contributed by atoms with E-state index in [1.54, 1.807) is 6.07 Å². The minimum atomic E-state index is -0.355. The summed E-state index contributed by atoms with van der Waals surface area (Å²) in [6.07, 6.45) is 2.90. The summed E-state index contributed by atoms with van der Waals surface area (Å²) in [7, 11) is 1.34. The quantitative estimate of drug-likeness (QED) is 0.800. The largest absolute Gasteiger partial charge is 0.505 e. The van der Waals surface area contributed by atoms with Crippen LogP contribution >= 0.6 is 0 Å². The van der Waals surface area contributed by atoms with Gasteiger partial charge in [0.05, 0.1) is 13.0 Å². The molecule has 2 heterocycles. The first-order valence-electron chi connectivity index (χ1n) is 6.14. The molecule has 19 heavy (non-hydrogen) atoms. The van der Waals surface area contributed by atoms with Crippen LogP contribution in [0.1, 0.15) is 23.3 Å². The van der Waals surface area contributed by atoms with Gasteiger partial charge in [0.1, 0.15) is 5.75 Å². The fourth-order valence-corrected chi connectivity index (χ4v) is 2.23. The van der Waals surface area contributed by atoms with Gasteiger partial charge in [0, 0.05) is 19.3 Å². The molecule has 0 aromatic carbocycles. The first kappa shape index (κ1) is 13.3. The van der Waals surface area contributed by atoms with Crippen molar-refractivity contribution in [2.45, 2.75) is 12.8 Å². The van der Waals surface area contributed by atoms with Gasteiger partial charge in [0.2, 0.25) is 0 Å². The SMILES string of the molecule is COC(=O)[C@H]1CCCN(C(=O)c2ncccc2O)C1. The van der Waals surface area contributed by atoms with Gasteiger partial charge in [-0.3, -0.25) is 9.59 Å². The normalized spacial score (nSPS) is 19.0. The topological polar surface area (TPSA) is 79.7 Å². The van der Waals surface area contributed by atoms with Gasteiger partial charge in [-0.2, -0.15) is 0 Å². The lowest BCUT2D eigenvalue weighted by Crippen LogP contribution is -2.42. The molecule has 0 saturated carbocycles. The highest BCUT2D eigenvalue weighted by Crippen LogP contribution is 2.21. The van der Waals surface area contributed by atoms with Crippen LogP contribution in [0.25, 0.3) is 0 Å². The molecule has 0 radical (unpaired) electrons. The number of esters is 1. The van der Waals surface area contributed by atoms with Crippen molar-refractivity contribution in [2.75, 3.05) is 20.2 Å². The van der Waals surface area contributed by atoms with E-state index in [1.165, 1.54) is 24.3 Å². The predicted molar refractivity (Wildman–Crippen MR) is 66.5 cm³/mol. The van der Waals surface area contributed by atoms with E-state index in [9.17, 15) is 14.7 Å². The molecule has 1 saturated heterocycles. The Balaban J connectivity index is 2.11. The van der Waals surface area contributed by atoms with E-state index in [1.807, 2.05) is 0 Å². The molecular weight excluding hydrogens is 248 g/mol. The fraction of sp³-hybridized carbons (Fsp3) is 0.462. The standard InChI is InChI=1S/C13H16N2O4/c1-19-13(18)9-4-3-7-15(8-9)12(17)11-10(16)5-2-6-14-11/h2,5-6,9,16H,3-4,7-8H2,1H3/t9-/m0/s1. The van der Waals surface area contributed by atoms with Crippen molar-refractivity contribution in [1.82, 2.24) is 9.88 Å². The van der Waals surface area contributed by atoms with Gasteiger partial charge in [-0.05, 0) is 25.0 Å². The number of nitrogens with zero attached hydrogens (tertiary/aromatic N) is 2. The second kappa shape index (κ2) is 5.69. The van der Waals surface area contributed by atoms with Crippen molar-refractivity contribution >= 4 is 11.9 Å². The predicted octanol–water partition coefficient (Wildman–Crippen LogP) is 0.812. The average Bonchev–Trinajstić information content (AvgIpc) is 2.46. The van der Waals surface area contributed by atoms with Gasteiger partial charge in [-0.25, -0.2) is 4.98 Å². The smallest absolute Gasteiger partial charge is 0.310 e. The van der Waals surface area contributed by atoms with Crippen LogP contribution in [0, 0.1) is 5.92 Å². The maximum absolute atomic E-state index is 12.2. The van der Waals surface area contributed by atoms with E-state index in [2.05, 4.69) is 4.98 Å². The lowest BCUT2D eigenvalue weighted by molar-refractivity contribution is -0.146. The molecule has 0 unspecified atom stereocenters. The summed E-state index contributed by atoms with van der Waals surface area (Å²) in [4.78, 5) is 29.2. The summed E-state index contributed by atoms with van der Waals surface area (Å²) in [6, 6.07) is 2.97. The number of methoxy groups -OCH3 is 1. The van der Waals surface area contributed by atoms with Crippen molar-refractivity contribution < 1.29 is 19.4 Å². The first-order chi connectivity index (χ1) is 9.13. The number of carbonyl (C=O) groups is 2. The Morgan fingerprint density at radius 3 is 3.00 bits per heavy atom. The van der Waals surface area contributed by atoms with E-state index >= 15 is 0 Å². The number of amides is 1. The number of rotatable bonds is 2. The molecule has 1 fully saturated rings. The second-order valence-electron chi connectivity index (χ2n) is 4.48. The zero-order valence-corrected chi connectivity index (χ0v) is 10.7. The van der Waals surface area contributed by atoms with Crippen LogP contribution in [-0.4, -0.2) is 47.1 Å². The number of carbonyl (C=O) groups excluding carboxylic acids is 2. The minimum Gasteiger partial charge on any atom is -0.505 e. The highest BCUT2D eigenvalue weighted by molar-refractivity contribution is 5.95. The Hall–Kier alpha value is -2.11. The Morgan fingerprint density at radius 2 is 2.32 bits per heavy atom. The molecule has 1 atom stereocenters. The zero-order valence-electron chi connectivity index (χ0n) is 10.7. The first-order valence-corrected chi connectivity index (χ1v) is 6.14. The zero-order chi connectivity index (χ0) is 13.8. The Labute approximate surface area is 111 Å². The minimum absolute atomic E-state index is 0.0213. The van der Waals surface area contributed by atoms with Crippen LogP contribution in [0.4, 0.5) is 0 Å². The van der Waals surface area contributed by atoms with Crippen molar-refractivity contribution in [3.8, 4) is 5.75 Å². The fourth-order valence-electron chi connectivity index (χ4n) is 2.23. The van der Waals surface area contributed by atoms with Gasteiger partial charge in [-0.15, -0.1) is 0 Å². The number of pyridine rings is 1. The van der Waals surface area contributed by atoms with Crippen molar-refractivity contribution in [3.05, 3.63) is 24.0 Å². The van der Waals surface area contributed by atoms with Gasteiger partial charge >= 0.3 is 5.97 Å². The molecule has 6 heteroatoms. The van der Waals surface area contributed by atoms with Crippen molar-refractivity contribution in [3.63, 3.8) is 0 Å². The maximum Gasteiger partial charge on any atom is 0.310 e. The molecule has 1 aromatic heterocycles. The van der Waals surface area contributed by atoms with Gasteiger partial charge in [0.15, 0.2) is 5.69 Å². The molecular formula is C13H16N2O4. The summed E-state index contributed by atoms with van der Waals surface area (Å²) in [5.41, 5.74) is 0.0213. The summed E-state index contributed by atoms with van der Waals surface area (Å²) in [6.45, 7) is 0.865. The van der Waals surface area contributed by atoms with Gasteiger partial charge in [-0.1, -0.05) is 0 Å². The molecule has 1 aliphatic rings. The number of aromatic hydroxyl groups is 1. The summed E-state index contributed by atoms with van der Waals surface area (Å²) in [5, 5.41) is 9.63. The number of likely N-dealkylation sites (tertiary alicyclic amines) is 1. The Bertz CT molecular complexity index is 489. The van der Waals surface area contributed by atoms with Crippen LogP contribution in [0.5, 0.6) is 5.75 Å². The molecule has 102 valence electrons. The highest BCUT2D eigenvalue weighted by Gasteiger charge is 2.30. The molecule has 1 aromatic rings. The molecule has 6 nitrogen and oxygen atoms in total. The van der Waals surface area contributed by atoms with Crippen LogP contribution in [0.2, 0.25) is 0 Å². The van der Waals surface area contributed by atoms with E-state index in [4.69, 9.17) is 4.74 Å². The van der Waals surface area contributed by atoms with Crippen LogP contribution < -0.4 is 0 Å². The summed E-state index contributed by atoms with van der Waals surface area (Å²) >= 11 is 0. The number of hydrogen-bond donors (Lipinski definition) is 1. The van der Waals surface area contributed by atoms with Gasteiger partial charge in [0.25, 0.3) is 5.91 Å². The number of piperidine rings is 1. The summed E-state index contributed by atoms with van der Waals surface area (Å²) < 4.78 is 4.71. The molecule has 0 bridgehead atoms. The van der Waals surface area contributed by atoms with Crippen molar-refractivity contribution in [2.24, 2.45) is 5.92 Å². The molecule has 1 aliphatic heterocycles. The van der Waals surface area contributed by atoms with Crippen molar-refractivity contribution in [1.29, 1.82) is 0 Å². The Morgan fingerprint density at radius 1 is 1.53 bits per heavy atom. The van der Waals surface area contributed by atoms with E-state index < -0.39 is 0 Å². The number of hydrogen-bond acceptors (Lipinski definition) is 5. The van der Waals surface area contributed by atoms with Crippen LogP contribution in [0.15, 0.2) is 18.3 Å². The molecule has 1 amide bonds. The summed E-state index contributed by atoms with van der Waals surface area (Å²) in [5.74, 6) is -1.10. The number of ether oxygens (including phenoxy) is 1. The van der Waals surface area contributed by atoms with E-state index in [-0.39, 0.29) is 29.2 Å². The number of aromatic nitrogens is 1. The molecule has 0 spiro atoms. The third kappa shape index (κ3) is 2.83. The third-order valence-electron chi connectivity index (χ3n) is 3.23. The lowest BCUT2D eigenvalue weighted by atomic mass is 9.98.